The van der Waals surface area contributed by atoms with Crippen molar-refractivity contribution >= 4 is 39.4 Å². The summed E-state index contributed by atoms with van der Waals surface area (Å²) in [6.07, 6.45) is -0.148. The lowest BCUT2D eigenvalue weighted by Crippen LogP contribution is -2.51. The predicted molar refractivity (Wildman–Crippen MR) is 83.2 cm³/mol. The first-order valence-electron chi connectivity index (χ1n) is 6.64. The first-order chi connectivity index (χ1) is 10.5. The van der Waals surface area contributed by atoms with Gasteiger partial charge in [-0.1, -0.05) is 27.5 Å². The fraction of sp³-hybridized carbons (Fsp3) is 0.429. The summed E-state index contributed by atoms with van der Waals surface area (Å²) < 4.78 is 11.5. The van der Waals surface area contributed by atoms with Gasteiger partial charge in [0.1, 0.15) is 5.75 Å². The van der Waals surface area contributed by atoms with Gasteiger partial charge in [-0.2, -0.15) is 0 Å². The summed E-state index contributed by atoms with van der Waals surface area (Å²) in [4.78, 5) is 24.6. The van der Waals surface area contributed by atoms with Crippen LogP contribution in [-0.4, -0.2) is 54.3 Å². The third-order valence-corrected chi connectivity index (χ3v) is 3.99. The molecule has 1 unspecified atom stereocenters. The zero-order valence-electron chi connectivity index (χ0n) is 11.6. The average molecular weight is 393 g/mol. The number of carboxylic acid groups (broad SMARTS) is 1. The molecule has 1 aromatic carbocycles. The topological polar surface area (TPSA) is 76.1 Å². The first kappa shape index (κ1) is 17.1. The minimum Gasteiger partial charge on any atom is -0.482 e. The highest BCUT2D eigenvalue weighted by Gasteiger charge is 2.29. The molecule has 1 fully saturated rings. The second kappa shape index (κ2) is 7.80. The number of ether oxygens (including phenoxy) is 2. The van der Waals surface area contributed by atoms with E-state index in [-0.39, 0.29) is 25.5 Å². The van der Waals surface area contributed by atoms with E-state index in [9.17, 15) is 9.59 Å². The summed E-state index contributed by atoms with van der Waals surface area (Å²) in [6, 6.07) is 4.62. The molecule has 2 rings (SSSR count). The number of carbonyl (C=O) groups is 2. The highest BCUT2D eigenvalue weighted by molar-refractivity contribution is 9.10. The minimum absolute atomic E-state index is 0.148. The number of benzene rings is 1. The van der Waals surface area contributed by atoms with Gasteiger partial charge < -0.3 is 19.5 Å². The second-order valence-corrected chi connectivity index (χ2v) is 6.10. The van der Waals surface area contributed by atoms with Gasteiger partial charge in [0.2, 0.25) is 0 Å². The Morgan fingerprint density at radius 1 is 1.50 bits per heavy atom. The third kappa shape index (κ3) is 4.59. The van der Waals surface area contributed by atoms with E-state index in [4.69, 9.17) is 26.2 Å². The van der Waals surface area contributed by atoms with Gasteiger partial charge in [0.25, 0.3) is 5.91 Å². The van der Waals surface area contributed by atoms with Crippen LogP contribution in [0.1, 0.15) is 6.42 Å². The van der Waals surface area contributed by atoms with Crippen molar-refractivity contribution in [3.8, 4) is 5.75 Å². The van der Waals surface area contributed by atoms with Crippen LogP contribution in [-0.2, 0) is 14.3 Å². The van der Waals surface area contributed by atoms with E-state index in [2.05, 4.69) is 15.9 Å². The molecule has 1 heterocycles. The Hall–Kier alpha value is -1.31. The van der Waals surface area contributed by atoms with Crippen molar-refractivity contribution < 1.29 is 24.2 Å². The van der Waals surface area contributed by atoms with Crippen molar-refractivity contribution in [3.63, 3.8) is 0 Å². The van der Waals surface area contributed by atoms with Crippen LogP contribution in [0.4, 0.5) is 0 Å². The van der Waals surface area contributed by atoms with Crippen molar-refractivity contribution in [2.75, 3.05) is 26.4 Å². The molecule has 1 aliphatic heterocycles. The fourth-order valence-electron chi connectivity index (χ4n) is 2.17. The molecule has 1 N–H and O–H groups in total. The Balaban J connectivity index is 1.96. The van der Waals surface area contributed by atoms with Crippen LogP contribution in [0.3, 0.4) is 0 Å². The van der Waals surface area contributed by atoms with Gasteiger partial charge in [0, 0.05) is 11.0 Å². The molecule has 0 aliphatic carbocycles. The molecule has 8 heteroatoms. The summed E-state index contributed by atoms with van der Waals surface area (Å²) in [5.74, 6) is -0.847. The summed E-state index contributed by atoms with van der Waals surface area (Å²) in [5.41, 5.74) is 0. The monoisotopic (exact) mass is 391 g/mol. The van der Waals surface area contributed by atoms with E-state index >= 15 is 0 Å². The van der Waals surface area contributed by atoms with E-state index in [0.717, 1.165) is 4.47 Å². The largest absolute Gasteiger partial charge is 0.482 e. The van der Waals surface area contributed by atoms with Gasteiger partial charge in [0.05, 0.1) is 30.7 Å². The van der Waals surface area contributed by atoms with E-state index in [0.29, 0.717) is 23.9 Å². The highest BCUT2D eigenvalue weighted by Crippen LogP contribution is 2.27. The Morgan fingerprint density at radius 3 is 2.95 bits per heavy atom. The zero-order valence-corrected chi connectivity index (χ0v) is 14.0. The lowest BCUT2D eigenvalue weighted by atomic mass is 10.1. The lowest BCUT2D eigenvalue weighted by molar-refractivity contribution is -0.147. The normalized spacial score (nSPS) is 18.1. The average Bonchev–Trinajstić information content (AvgIpc) is 2.46. The second-order valence-electron chi connectivity index (χ2n) is 4.78. The molecule has 1 atom stereocenters. The van der Waals surface area contributed by atoms with Crippen LogP contribution in [0.5, 0.6) is 5.75 Å². The Bertz CT molecular complexity index is 568. The van der Waals surface area contributed by atoms with Crippen LogP contribution in [0, 0.1) is 0 Å². The van der Waals surface area contributed by atoms with Gasteiger partial charge in [-0.3, -0.25) is 9.59 Å². The summed E-state index contributed by atoms with van der Waals surface area (Å²) >= 11 is 9.30. The van der Waals surface area contributed by atoms with Crippen molar-refractivity contribution in [1.29, 1.82) is 0 Å². The van der Waals surface area contributed by atoms with Crippen molar-refractivity contribution in [3.05, 3.63) is 27.7 Å². The summed E-state index contributed by atoms with van der Waals surface area (Å²) in [6.45, 7) is 0.768. The SMILES string of the molecule is O=C(O)CC1COCCN1C(=O)COc1ccc(Br)cc1Cl. The van der Waals surface area contributed by atoms with Gasteiger partial charge in [-0.15, -0.1) is 0 Å². The van der Waals surface area contributed by atoms with E-state index in [1.165, 1.54) is 4.90 Å². The Morgan fingerprint density at radius 2 is 2.27 bits per heavy atom. The molecule has 0 spiro atoms. The quantitative estimate of drug-likeness (QED) is 0.831. The third-order valence-electron chi connectivity index (χ3n) is 3.20. The van der Waals surface area contributed by atoms with Crippen LogP contribution in [0.2, 0.25) is 5.02 Å². The minimum atomic E-state index is -0.967. The van der Waals surface area contributed by atoms with Crippen molar-refractivity contribution in [1.82, 2.24) is 4.90 Å². The molecule has 22 heavy (non-hydrogen) atoms. The van der Waals surface area contributed by atoms with Gasteiger partial charge >= 0.3 is 5.97 Å². The number of halogens is 2. The number of carbonyl (C=O) groups excluding carboxylic acids is 1. The number of carboxylic acids is 1. The maximum atomic E-state index is 12.2. The predicted octanol–water partition coefficient (Wildman–Crippen LogP) is 2.18. The number of amides is 1. The number of nitrogens with zero attached hydrogens (tertiary/aromatic N) is 1. The van der Waals surface area contributed by atoms with E-state index in [1.54, 1.807) is 18.2 Å². The van der Waals surface area contributed by atoms with Gasteiger partial charge in [-0.25, -0.2) is 0 Å². The Kier molecular flexibility index (Phi) is 6.05. The number of hydrogen-bond donors (Lipinski definition) is 1. The molecular formula is C14H15BrClNO5. The molecule has 0 aromatic heterocycles. The summed E-state index contributed by atoms with van der Waals surface area (Å²) in [7, 11) is 0. The van der Waals surface area contributed by atoms with Crippen LogP contribution in [0.25, 0.3) is 0 Å². The maximum Gasteiger partial charge on any atom is 0.305 e. The number of aliphatic carboxylic acids is 1. The smallest absolute Gasteiger partial charge is 0.305 e. The molecule has 120 valence electrons. The molecule has 1 saturated heterocycles. The molecule has 0 radical (unpaired) electrons. The molecule has 0 bridgehead atoms. The van der Waals surface area contributed by atoms with E-state index in [1.807, 2.05) is 0 Å². The van der Waals surface area contributed by atoms with Gasteiger partial charge in [0.15, 0.2) is 6.61 Å². The number of hydrogen-bond acceptors (Lipinski definition) is 4. The molecular weight excluding hydrogens is 378 g/mol. The van der Waals surface area contributed by atoms with Crippen molar-refractivity contribution in [2.24, 2.45) is 0 Å². The molecule has 6 nitrogen and oxygen atoms in total. The van der Waals surface area contributed by atoms with Gasteiger partial charge in [-0.05, 0) is 18.2 Å². The van der Waals surface area contributed by atoms with Crippen LogP contribution < -0.4 is 4.74 Å². The van der Waals surface area contributed by atoms with Crippen molar-refractivity contribution in [2.45, 2.75) is 12.5 Å². The molecule has 1 aromatic rings. The number of morpholine rings is 1. The maximum absolute atomic E-state index is 12.2. The van der Waals surface area contributed by atoms with Crippen LogP contribution in [0.15, 0.2) is 22.7 Å². The summed E-state index contributed by atoms with van der Waals surface area (Å²) in [5, 5.41) is 9.28. The lowest BCUT2D eigenvalue weighted by Gasteiger charge is -2.34. The molecule has 1 amide bonds. The van der Waals surface area contributed by atoms with E-state index < -0.39 is 12.0 Å². The standard InChI is InChI=1S/C14H15BrClNO5/c15-9-1-2-12(11(16)5-9)22-8-13(18)17-3-4-21-7-10(17)6-14(19)20/h1-2,5,10H,3-4,6-8H2,(H,19,20). The fourth-order valence-corrected chi connectivity index (χ4v) is 2.90. The number of rotatable bonds is 5. The Labute approximate surface area is 141 Å². The molecule has 1 aliphatic rings. The first-order valence-corrected chi connectivity index (χ1v) is 7.81. The van der Waals surface area contributed by atoms with Crippen LogP contribution >= 0.6 is 27.5 Å². The highest BCUT2D eigenvalue weighted by atomic mass is 79.9. The zero-order chi connectivity index (χ0) is 16.1. The molecule has 0 saturated carbocycles.